The summed E-state index contributed by atoms with van der Waals surface area (Å²) in [5.74, 6) is 1.34. The molecule has 1 aromatic carbocycles. The minimum Gasteiger partial charge on any atom is -0.496 e. The van der Waals surface area contributed by atoms with Crippen LogP contribution in [0.1, 0.15) is 40.9 Å². The average molecular weight is 382 g/mol. The van der Waals surface area contributed by atoms with Gasteiger partial charge in [0.1, 0.15) is 5.75 Å². The number of methoxy groups -OCH3 is 1. The molecule has 1 saturated heterocycles. The van der Waals surface area contributed by atoms with E-state index in [-0.39, 0.29) is 17.7 Å². The molecule has 1 N–H and O–H groups in total. The lowest BCUT2D eigenvalue weighted by atomic mass is 9.81. The van der Waals surface area contributed by atoms with Crippen molar-refractivity contribution in [2.45, 2.75) is 32.2 Å². The predicted octanol–water partition coefficient (Wildman–Crippen LogP) is 1.83. The Balaban J connectivity index is 1.49. The zero-order valence-electron chi connectivity index (χ0n) is 16.4. The molecule has 2 aromatic rings. The van der Waals surface area contributed by atoms with Crippen LogP contribution in [0.4, 0.5) is 0 Å². The highest BCUT2D eigenvalue weighted by Crippen LogP contribution is 2.41. The SMILES string of the molecule is COc1ccccc1C(=O)N1C[C@H]2CCc3cn(CCNC(C)=O)nc3[C@H]2C1. The highest BCUT2D eigenvalue weighted by Gasteiger charge is 2.41. The molecule has 0 saturated carbocycles. The molecule has 1 aliphatic heterocycles. The normalized spacial score (nSPS) is 20.4. The van der Waals surface area contributed by atoms with Gasteiger partial charge in [0, 0.05) is 38.7 Å². The van der Waals surface area contributed by atoms with Gasteiger partial charge in [-0.25, -0.2) is 0 Å². The Hall–Kier alpha value is -2.83. The zero-order chi connectivity index (χ0) is 19.7. The van der Waals surface area contributed by atoms with Gasteiger partial charge in [-0.2, -0.15) is 5.10 Å². The number of amides is 2. The van der Waals surface area contributed by atoms with E-state index in [1.807, 2.05) is 33.8 Å². The maximum atomic E-state index is 13.1. The lowest BCUT2D eigenvalue weighted by molar-refractivity contribution is -0.118. The number of ether oxygens (including phenoxy) is 1. The molecule has 1 aromatic heterocycles. The number of benzene rings is 1. The van der Waals surface area contributed by atoms with E-state index in [0.29, 0.717) is 36.9 Å². The lowest BCUT2D eigenvalue weighted by Gasteiger charge is -2.22. The first-order valence-electron chi connectivity index (χ1n) is 9.79. The molecular weight excluding hydrogens is 356 g/mol. The van der Waals surface area contributed by atoms with E-state index < -0.39 is 0 Å². The van der Waals surface area contributed by atoms with Gasteiger partial charge in [0.2, 0.25) is 5.91 Å². The summed E-state index contributed by atoms with van der Waals surface area (Å²) < 4.78 is 7.29. The highest BCUT2D eigenvalue weighted by molar-refractivity contribution is 5.97. The van der Waals surface area contributed by atoms with Gasteiger partial charge in [0.05, 0.1) is 24.9 Å². The molecule has 148 valence electrons. The number of rotatable bonds is 5. The quantitative estimate of drug-likeness (QED) is 0.856. The van der Waals surface area contributed by atoms with Crippen LogP contribution < -0.4 is 10.1 Å². The number of likely N-dealkylation sites (tertiary alicyclic amines) is 1. The van der Waals surface area contributed by atoms with Gasteiger partial charge in [-0.15, -0.1) is 0 Å². The highest BCUT2D eigenvalue weighted by atomic mass is 16.5. The number of hydrogen-bond acceptors (Lipinski definition) is 4. The number of nitrogens with zero attached hydrogens (tertiary/aromatic N) is 3. The smallest absolute Gasteiger partial charge is 0.257 e. The van der Waals surface area contributed by atoms with E-state index >= 15 is 0 Å². The van der Waals surface area contributed by atoms with Crippen molar-refractivity contribution in [2.75, 3.05) is 26.7 Å². The maximum absolute atomic E-state index is 13.1. The number of aromatic nitrogens is 2. The first-order chi connectivity index (χ1) is 13.6. The van der Waals surface area contributed by atoms with Crippen molar-refractivity contribution in [1.29, 1.82) is 0 Å². The minimum absolute atomic E-state index is 0.0264. The van der Waals surface area contributed by atoms with E-state index in [9.17, 15) is 9.59 Å². The number of carbonyl (C=O) groups is 2. The summed E-state index contributed by atoms with van der Waals surface area (Å²) in [7, 11) is 1.59. The third-order valence-corrected chi connectivity index (χ3v) is 5.79. The summed E-state index contributed by atoms with van der Waals surface area (Å²) in [4.78, 5) is 26.1. The Morgan fingerprint density at radius 2 is 2.11 bits per heavy atom. The Bertz CT molecular complexity index is 892. The molecule has 1 aliphatic carbocycles. The van der Waals surface area contributed by atoms with Crippen LogP contribution in [0.3, 0.4) is 0 Å². The van der Waals surface area contributed by atoms with Crippen LogP contribution in [0.25, 0.3) is 0 Å². The number of para-hydroxylation sites is 1. The van der Waals surface area contributed by atoms with Crippen molar-refractivity contribution in [3.05, 3.63) is 47.3 Å². The molecule has 7 heteroatoms. The molecule has 2 heterocycles. The predicted molar refractivity (Wildman–Crippen MR) is 104 cm³/mol. The lowest BCUT2D eigenvalue weighted by Crippen LogP contribution is -2.29. The standard InChI is InChI=1S/C21H26N4O3/c1-14(26)22-9-10-25-12-16-8-7-15-11-24(13-18(15)20(16)23-25)21(27)17-5-3-4-6-19(17)28-2/h3-6,12,15,18H,7-11,13H2,1-2H3,(H,22,26)/t15-,18+/m1/s1. The Kier molecular flexibility index (Phi) is 5.07. The van der Waals surface area contributed by atoms with Gasteiger partial charge >= 0.3 is 0 Å². The van der Waals surface area contributed by atoms with Gasteiger partial charge in [0.15, 0.2) is 0 Å². The molecule has 0 radical (unpaired) electrons. The molecule has 4 rings (SSSR count). The first-order valence-corrected chi connectivity index (χ1v) is 9.79. The van der Waals surface area contributed by atoms with Crippen LogP contribution >= 0.6 is 0 Å². The van der Waals surface area contributed by atoms with Crippen LogP contribution in [-0.4, -0.2) is 53.2 Å². The number of aryl methyl sites for hydroxylation is 1. The molecule has 2 atom stereocenters. The van der Waals surface area contributed by atoms with Gasteiger partial charge < -0.3 is 15.0 Å². The van der Waals surface area contributed by atoms with Crippen LogP contribution in [0.2, 0.25) is 0 Å². The Morgan fingerprint density at radius 3 is 2.89 bits per heavy atom. The monoisotopic (exact) mass is 382 g/mol. The average Bonchev–Trinajstić information content (AvgIpc) is 3.30. The number of hydrogen-bond donors (Lipinski definition) is 1. The first kappa shape index (κ1) is 18.5. The third-order valence-electron chi connectivity index (χ3n) is 5.79. The second kappa shape index (κ2) is 7.66. The van der Waals surface area contributed by atoms with Gasteiger partial charge in [-0.1, -0.05) is 12.1 Å². The zero-order valence-corrected chi connectivity index (χ0v) is 16.4. The number of carbonyl (C=O) groups excluding carboxylic acids is 2. The van der Waals surface area contributed by atoms with Crippen LogP contribution in [-0.2, 0) is 17.8 Å². The van der Waals surface area contributed by atoms with Crippen molar-refractivity contribution in [3.8, 4) is 5.75 Å². The minimum atomic E-state index is -0.0294. The van der Waals surface area contributed by atoms with Crippen LogP contribution in [0, 0.1) is 5.92 Å². The number of fused-ring (bicyclic) bond motifs is 3. The van der Waals surface area contributed by atoms with Crippen molar-refractivity contribution in [3.63, 3.8) is 0 Å². The van der Waals surface area contributed by atoms with Gasteiger partial charge in [-0.05, 0) is 36.5 Å². The summed E-state index contributed by atoms with van der Waals surface area (Å²) in [6.07, 6.45) is 4.16. The summed E-state index contributed by atoms with van der Waals surface area (Å²) in [6.45, 7) is 4.21. The second-order valence-corrected chi connectivity index (χ2v) is 7.60. The Labute approximate surface area is 164 Å². The molecule has 7 nitrogen and oxygen atoms in total. The molecular formula is C21H26N4O3. The van der Waals surface area contributed by atoms with E-state index in [0.717, 1.165) is 25.1 Å². The van der Waals surface area contributed by atoms with E-state index in [4.69, 9.17) is 9.84 Å². The second-order valence-electron chi connectivity index (χ2n) is 7.60. The molecule has 2 amide bonds. The largest absolute Gasteiger partial charge is 0.496 e. The van der Waals surface area contributed by atoms with Crippen LogP contribution in [0.5, 0.6) is 5.75 Å². The molecule has 28 heavy (non-hydrogen) atoms. The molecule has 0 unspecified atom stereocenters. The van der Waals surface area contributed by atoms with Gasteiger partial charge in [-0.3, -0.25) is 14.3 Å². The van der Waals surface area contributed by atoms with Crippen LogP contribution in [0.15, 0.2) is 30.5 Å². The maximum Gasteiger partial charge on any atom is 0.257 e. The fourth-order valence-electron chi connectivity index (χ4n) is 4.42. The third kappa shape index (κ3) is 3.48. The number of nitrogens with one attached hydrogen (secondary N) is 1. The van der Waals surface area contributed by atoms with Crippen molar-refractivity contribution >= 4 is 11.8 Å². The summed E-state index contributed by atoms with van der Waals surface area (Å²) in [5.41, 5.74) is 3.01. The van der Waals surface area contributed by atoms with E-state index in [1.54, 1.807) is 7.11 Å². The fraction of sp³-hybridized carbons (Fsp3) is 0.476. The van der Waals surface area contributed by atoms with E-state index in [1.165, 1.54) is 12.5 Å². The van der Waals surface area contributed by atoms with Crippen molar-refractivity contribution in [1.82, 2.24) is 20.0 Å². The molecule has 2 aliphatic rings. The summed E-state index contributed by atoms with van der Waals surface area (Å²) in [6, 6.07) is 7.39. The van der Waals surface area contributed by atoms with Crippen molar-refractivity contribution < 1.29 is 14.3 Å². The van der Waals surface area contributed by atoms with E-state index in [2.05, 4.69) is 11.5 Å². The summed E-state index contributed by atoms with van der Waals surface area (Å²) >= 11 is 0. The molecule has 0 bridgehead atoms. The van der Waals surface area contributed by atoms with Gasteiger partial charge in [0.25, 0.3) is 5.91 Å². The molecule has 1 fully saturated rings. The van der Waals surface area contributed by atoms with Crippen molar-refractivity contribution in [2.24, 2.45) is 5.92 Å². The Morgan fingerprint density at radius 1 is 1.29 bits per heavy atom. The fourth-order valence-corrected chi connectivity index (χ4v) is 4.42. The molecule has 0 spiro atoms. The summed E-state index contributed by atoms with van der Waals surface area (Å²) in [5, 5.41) is 7.60. The topological polar surface area (TPSA) is 76.5 Å².